The monoisotopic (exact) mass is 364 g/mol. The molecule has 0 fully saturated rings. The second-order valence-corrected chi connectivity index (χ2v) is 7.41. The van der Waals surface area contributed by atoms with Crippen LogP contribution in [-0.4, -0.2) is 5.75 Å². The lowest BCUT2D eigenvalue weighted by molar-refractivity contribution is 0.0808. The molecule has 0 saturated heterocycles. The summed E-state index contributed by atoms with van der Waals surface area (Å²) in [5.41, 5.74) is 2.99. The van der Waals surface area contributed by atoms with E-state index in [0.717, 1.165) is 21.2 Å². The smallest absolute Gasteiger partial charge is 0.167 e. The van der Waals surface area contributed by atoms with E-state index in [1.807, 2.05) is 54.4 Å². The van der Waals surface area contributed by atoms with Crippen molar-refractivity contribution in [3.63, 3.8) is 0 Å². The Labute approximate surface area is 157 Å². The summed E-state index contributed by atoms with van der Waals surface area (Å²) in [5, 5.41) is 0.744. The third-order valence-corrected chi connectivity index (χ3v) is 5.85. The van der Waals surface area contributed by atoms with Crippen LogP contribution in [0.15, 0.2) is 91.2 Å². The van der Waals surface area contributed by atoms with Gasteiger partial charge in [0.05, 0.1) is 6.26 Å². The molecule has 3 aromatic rings. The van der Waals surface area contributed by atoms with Crippen molar-refractivity contribution < 1.29 is 4.74 Å². The molecule has 1 aliphatic heterocycles. The highest BCUT2D eigenvalue weighted by atomic mass is 35.5. The number of hydrogen-bond donors (Lipinski definition) is 0. The Bertz CT molecular complexity index is 833. The Hall–Kier alpha value is -2.16. The minimum atomic E-state index is -0.469. The summed E-state index contributed by atoms with van der Waals surface area (Å²) < 4.78 is 6.42. The highest BCUT2D eigenvalue weighted by Gasteiger charge is 2.38. The van der Waals surface area contributed by atoms with Crippen molar-refractivity contribution in [2.45, 2.75) is 5.60 Å². The SMILES string of the molecule is Clc1ccc(C2=COC(c3ccccc3)(c3ccccc3)CS2)cc1. The fourth-order valence-corrected chi connectivity index (χ4v) is 4.36. The van der Waals surface area contributed by atoms with Crippen molar-refractivity contribution >= 4 is 28.3 Å². The number of benzene rings is 3. The standard InChI is InChI=1S/C22H17ClOS/c23-20-13-11-17(12-14-20)21-15-24-22(16-25-21,18-7-3-1-4-8-18)19-9-5-2-6-10-19/h1-15H,16H2. The molecule has 0 radical (unpaired) electrons. The number of thioether (sulfide) groups is 1. The van der Waals surface area contributed by atoms with Crippen LogP contribution < -0.4 is 0 Å². The van der Waals surface area contributed by atoms with Gasteiger partial charge >= 0.3 is 0 Å². The summed E-state index contributed by atoms with van der Waals surface area (Å²) in [6, 6.07) is 28.7. The number of hydrogen-bond acceptors (Lipinski definition) is 2. The van der Waals surface area contributed by atoms with Crippen LogP contribution in [0.4, 0.5) is 0 Å². The zero-order chi connectivity index (χ0) is 17.1. The average Bonchev–Trinajstić information content (AvgIpc) is 2.70. The van der Waals surface area contributed by atoms with Gasteiger partial charge in [0.15, 0.2) is 5.60 Å². The van der Waals surface area contributed by atoms with Gasteiger partial charge < -0.3 is 4.74 Å². The van der Waals surface area contributed by atoms with E-state index in [-0.39, 0.29) is 0 Å². The van der Waals surface area contributed by atoms with E-state index in [9.17, 15) is 0 Å². The highest BCUT2D eigenvalue weighted by Crippen LogP contribution is 2.45. The van der Waals surface area contributed by atoms with Crippen molar-refractivity contribution in [2.24, 2.45) is 0 Å². The van der Waals surface area contributed by atoms with Crippen LogP contribution in [0.2, 0.25) is 5.02 Å². The van der Waals surface area contributed by atoms with Gasteiger partial charge in [0, 0.05) is 26.8 Å². The van der Waals surface area contributed by atoms with Gasteiger partial charge in [-0.25, -0.2) is 0 Å². The Morgan fingerprint density at radius 2 is 1.32 bits per heavy atom. The Balaban J connectivity index is 1.74. The summed E-state index contributed by atoms with van der Waals surface area (Å²) in [6.07, 6.45) is 1.89. The zero-order valence-corrected chi connectivity index (χ0v) is 15.1. The lowest BCUT2D eigenvalue weighted by Crippen LogP contribution is -2.34. The van der Waals surface area contributed by atoms with Gasteiger partial charge in [-0.05, 0) is 17.7 Å². The van der Waals surface area contributed by atoms with Crippen molar-refractivity contribution in [2.75, 3.05) is 5.75 Å². The third-order valence-electron chi connectivity index (χ3n) is 4.41. The Morgan fingerprint density at radius 1 is 0.760 bits per heavy atom. The van der Waals surface area contributed by atoms with E-state index in [1.54, 1.807) is 0 Å². The van der Waals surface area contributed by atoms with E-state index in [1.165, 1.54) is 11.1 Å². The molecule has 0 unspecified atom stereocenters. The van der Waals surface area contributed by atoms with Crippen molar-refractivity contribution in [3.8, 4) is 0 Å². The Kier molecular flexibility index (Phi) is 4.56. The molecule has 1 nitrogen and oxygen atoms in total. The molecule has 124 valence electrons. The lowest BCUT2D eigenvalue weighted by atomic mass is 9.87. The fourth-order valence-electron chi connectivity index (χ4n) is 3.05. The van der Waals surface area contributed by atoms with Crippen LogP contribution in [0, 0.1) is 0 Å². The fraction of sp³-hybridized carbons (Fsp3) is 0.0909. The van der Waals surface area contributed by atoms with Gasteiger partial charge in [-0.3, -0.25) is 0 Å². The largest absolute Gasteiger partial charge is 0.483 e. The zero-order valence-electron chi connectivity index (χ0n) is 13.6. The molecule has 4 rings (SSSR count). The van der Waals surface area contributed by atoms with Crippen molar-refractivity contribution in [1.82, 2.24) is 0 Å². The van der Waals surface area contributed by atoms with E-state index in [2.05, 4.69) is 48.5 Å². The maximum atomic E-state index is 6.42. The maximum absolute atomic E-state index is 6.42. The normalized spacial score (nSPS) is 16.0. The molecule has 0 aliphatic carbocycles. The van der Waals surface area contributed by atoms with Crippen LogP contribution in [0.25, 0.3) is 4.91 Å². The van der Waals surface area contributed by atoms with Crippen molar-refractivity contribution in [1.29, 1.82) is 0 Å². The minimum absolute atomic E-state index is 0.469. The first kappa shape index (κ1) is 16.3. The van der Waals surface area contributed by atoms with E-state index >= 15 is 0 Å². The van der Waals surface area contributed by atoms with Crippen LogP contribution >= 0.6 is 23.4 Å². The Morgan fingerprint density at radius 3 is 1.80 bits per heavy atom. The molecule has 0 N–H and O–H groups in total. The van der Waals surface area contributed by atoms with Gasteiger partial charge in [-0.15, -0.1) is 11.8 Å². The third kappa shape index (κ3) is 3.20. The number of rotatable bonds is 3. The summed E-state index contributed by atoms with van der Waals surface area (Å²) in [4.78, 5) is 1.12. The molecule has 0 saturated carbocycles. The van der Waals surface area contributed by atoms with Gasteiger partial charge in [0.2, 0.25) is 0 Å². The maximum Gasteiger partial charge on any atom is 0.167 e. The van der Waals surface area contributed by atoms with Crippen LogP contribution in [0.3, 0.4) is 0 Å². The first-order valence-electron chi connectivity index (χ1n) is 8.16. The van der Waals surface area contributed by atoms with Crippen LogP contribution in [0.5, 0.6) is 0 Å². The molecule has 3 aromatic carbocycles. The molecule has 0 atom stereocenters. The molecule has 0 spiro atoms. The molecule has 0 amide bonds. The summed E-state index contributed by atoms with van der Waals surface area (Å²) in [5.74, 6) is 0.815. The molecule has 25 heavy (non-hydrogen) atoms. The topological polar surface area (TPSA) is 9.23 Å². The summed E-state index contributed by atoms with van der Waals surface area (Å²) in [6.45, 7) is 0. The van der Waals surface area contributed by atoms with E-state index in [4.69, 9.17) is 16.3 Å². The predicted octanol–water partition coefficient (Wildman–Crippen LogP) is 6.35. The van der Waals surface area contributed by atoms with Crippen LogP contribution in [0.1, 0.15) is 16.7 Å². The second kappa shape index (κ2) is 6.99. The van der Waals surface area contributed by atoms with Gasteiger partial charge in [-0.2, -0.15) is 0 Å². The molecular weight excluding hydrogens is 348 g/mol. The second-order valence-electron chi connectivity index (χ2n) is 5.95. The lowest BCUT2D eigenvalue weighted by Gasteiger charge is -2.37. The van der Waals surface area contributed by atoms with Gasteiger partial charge in [0.25, 0.3) is 0 Å². The summed E-state index contributed by atoms with van der Waals surface area (Å²) >= 11 is 7.81. The molecule has 0 aromatic heterocycles. The van der Waals surface area contributed by atoms with Gasteiger partial charge in [-0.1, -0.05) is 84.4 Å². The predicted molar refractivity (Wildman–Crippen MR) is 107 cm³/mol. The summed E-state index contributed by atoms with van der Waals surface area (Å²) in [7, 11) is 0. The number of halogens is 1. The molecule has 3 heteroatoms. The molecule has 0 bridgehead atoms. The molecule has 1 heterocycles. The average molecular weight is 365 g/mol. The van der Waals surface area contributed by atoms with Crippen LogP contribution in [-0.2, 0) is 10.3 Å². The first-order chi connectivity index (χ1) is 12.3. The quantitative estimate of drug-likeness (QED) is 0.535. The first-order valence-corrected chi connectivity index (χ1v) is 9.52. The molecule has 1 aliphatic rings. The highest BCUT2D eigenvalue weighted by molar-refractivity contribution is 8.08. The van der Waals surface area contributed by atoms with Gasteiger partial charge in [0.1, 0.15) is 0 Å². The molecular formula is C22H17ClOS. The number of ether oxygens (including phenoxy) is 1. The van der Waals surface area contributed by atoms with E-state index < -0.39 is 5.60 Å². The minimum Gasteiger partial charge on any atom is -0.483 e. The van der Waals surface area contributed by atoms with Crippen molar-refractivity contribution in [3.05, 3.63) is 113 Å². The van der Waals surface area contributed by atoms with E-state index in [0.29, 0.717) is 0 Å².